The number of halogens is 2. The Morgan fingerprint density at radius 2 is 1.87 bits per heavy atom. The Balaban J connectivity index is 1.56. The van der Waals surface area contributed by atoms with Gasteiger partial charge in [-0.3, -0.25) is 4.79 Å². The molecule has 0 saturated carbocycles. The van der Waals surface area contributed by atoms with Crippen molar-refractivity contribution in [3.8, 4) is 17.2 Å². The molecule has 0 aliphatic carbocycles. The average Bonchev–Trinajstić information content (AvgIpc) is 3.15. The highest BCUT2D eigenvalue weighted by molar-refractivity contribution is 6.33. The number of ether oxygens (including phenoxy) is 1. The summed E-state index contributed by atoms with van der Waals surface area (Å²) in [6, 6.07) is 15.4. The van der Waals surface area contributed by atoms with Crippen LogP contribution in [0.1, 0.15) is 13.8 Å². The Kier molecular flexibility index (Phi) is 5.37. The number of aromatic nitrogens is 2. The molecule has 8 heteroatoms. The zero-order valence-corrected chi connectivity index (χ0v) is 17.7. The highest BCUT2D eigenvalue weighted by Gasteiger charge is 2.30. The molecule has 1 amide bonds. The Morgan fingerprint density at radius 3 is 2.60 bits per heavy atom. The van der Waals surface area contributed by atoms with Gasteiger partial charge in [0.25, 0.3) is 5.91 Å². The van der Waals surface area contributed by atoms with Crippen LogP contribution in [-0.4, -0.2) is 21.5 Å². The lowest BCUT2D eigenvalue weighted by molar-refractivity contribution is -0.128. The molecule has 4 rings (SSSR count). The quantitative estimate of drug-likeness (QED) is 0.411. The molecule has 0 atom stereocenters. The van der Waals surface area contributed by atoms with Crippen LogP contribution in [0.2, 0.25) is 10.0 Å². The maximum atomic E-state index is 12.8. The van der Waals surface area contributed by atoms with Crippen molar-refractivity contribution in [2.75, 3.05) is 5.32 Å². The first-order valence-electron chi connectivity index (χ1n) is 9.09. The van der Waals surface area contributed by atoms with Crippen LogP contribution in [0.3, 0.4) is 0 Å². The fraction of sp³-hybridized carbons (Fsp3) is 0.136. The fourth-order valence-corrected chi connectivity index (χ4v) is 3.10. The van der Waals surface area contributed by atoms with Crippen molar-refractivity contribution in [2.45, 2.75) is 19.4 Å². The fourth-order valence-electron chi connectivity index (χ4n) is 2.78. The second kappa shape index (κ2) is 7.97. The van der Waals surface area contributed by atoms with Crippen molar-refractivity contribution in [3.63, 3.8) is 0 Å². The molecule has 0 fully saturated rings. The van der Waals surface area contributed by atoms with Gasteiger partial charge in [0.05, 0.1) is 10.6 Å². The summed E-state index contributed by atoms with van der Waals surface area (Å²) < 4.78 is 11.6. The van der Waals surface area contributed by atoms with Gasteiger partial charge in [-0.05, 0) is 68.4 Å². The second-order valence-electron chi connectivity index (χ2n) is 7.06. The molecular weight excluding hydrogens is 425 g/mol. The summed E-state index contributed by atoms with van der Waals surface area (Å²) in [5.74, 6) is 0.529. The van der Waals surface area contributed by atoms with Crippen LogP contribution >= 0.6 is 23.2 Å². The van der Waals surface area contributed by atoms with Gasteiger partial charge in [0.2, 0.25) is 5.89 Å². The zero-order valence-electron chi connectivity index (χ0n) is 16.1. The van der Waals surface area contributed by atoms with E-state index in [1.807, 2.05) is 0 Å². The smallest absolute Gasteiger partial charge is 0.267 e. The van der Waals surface area contributed by atoms with E-state index in [-0.39, 0.29) is 5.91 Å². The van der Waals surface area contributed by atoms with Gasteiger partial charge < -0.3 is 14.5 Å². The topological polar surface area (TPSA) is 77.2 Å². The molecule has 30 heavy (non-hydrogen) atoms. The van der Waals surface area contributed by atoms with Crippen molar-refractivity contribution in [2.24, 2.45) is 0 Å². The number of hydrogen-bond acceptors (Lipinski definition) is 5. The van der Waals surface area contributed by atoms with Crippen molar-refractivity contribution < 1.29 is 13.9 Å². The molecule has 0 saturated heterocycles. The molecule has 0 aliphatic heterocycles. The summed E-state index contributed by atoms with van der Waals surface area (Å²) in [6.45, 7) is 3.36. The Hall–Kier alpha value is -3.09. The van der Waals surface area contributed by atoms with E-state index < -0.39 is 5.60 Å². The third kappa shape index (κ3) is 4.25. The largest absolute Gasteiger partial charge is 0.478 e. The molecule has 0 radical (unpaired) electrons. The van der Waals surface area contributed by atoms with Gasteiger partial charge in [-0.25, -0.2) is 4.98 Å². The molecule has 0 aliphatic rings. The van der Waals surface area contributed by atoms with Gasteiger partial charge in [-0.1, -0.05) is 23.2 Å². The SMILES string of the molecule is CC(C)(Oc1ccc(Cl)cc1)C(=O)Nc1ccc(Cl)c(-c2nc3ncccc3o2)c1. The number of hydrogen-bond donors (Lipinski definition) is 1. The highest BCUT2D eigenvalue weighted by Crippen LogP contribution is 2.32. The van der Waals surface area contributed by atoms with Crippen LogP contribution in [0.4, 0.5) is 5.69 Å². The van der Waals surface area contributed by atoms with Crippen LogP contribution in [0.5, 0.6) is 5.75 Å². The van der Waals surface area contributed by atoms with Crippen molar-refractivity contribution >= 4 is 46.0 Å². The van der Waals surface area contributed by atoms with E-state index in [1.165, 1.54) is 0 Å². The number of carbonyl (C=O) groups excluding carboxylic acids is 1. The Labute approximate surface area is 182 Å². The highest BCUT2D eigenvalue weighted by atomic mass is 35.5. The summed E-state index contributed by atoms with van der Waals surface area (Å²) in [7, 11) is 0. The number of rotatable bonds is 5. The normalized spacial score (nSPS) is 11.5. The maximum Gasteiger partial charge on any atom is 0.267 e. The standard InChI is InChI=1S/C22H17Cl2N3O3/c1-22(2,30-15-8-5-13(23)6-9-15)21(28)26-14-7-10-17(24)16(12-14)20-27-19-18(29-20)4-3-11-25-19/h3-12H,1-2H3,(H,26,28). The lowest BCUT2D eigenvalue weighted by Gasteiger charge is -2.25. The van der Waals surface area contributed by atoms with E-state index in [1.54, 1.807) is 74.6 Å². The maximum absolute atomic E-state index is 12.8. The van der Waals surface area contributed by atoms with E-state index in [0.717, 1.165) is 0 Å². The van der Waals surface area contributed by atoms with Crippen LogP contribution < -0.4 is 10.1 Å². The number of benzene rings is 2. The van der Waals surface area contributed by atoms with Crippen LogP contribution in [0.15, 0.2) is 65.2 Å². The number of carbonyl (C=O) groups is 1. The Bertz CT molecular complexity index is 1190. The summed E-state index contributed by atoms with van der Waals surface area (Å²) in [5.41, 5.74) is 0.979. The van der Waals surface area contributed by atoms with E-state index in [9.17, 15) is 4.79 Å². The number of pyridine rings is 1. The van der Waals surface area contributed by atoms with E-state index >= 15 is 0 Å². The van der Waals surface area contributed by atoms with Crippen LogP contribution in [0, 0.1) is 0 Å². The average molecular weight is 442 g/mol. The zero-order chi connectivity index (χ0) is 21.3. The summed E-state index contributed by atoms with van der Waals surface area (Å²) in [5, 5.41) is 3.88. The molecule has 6 nitrogen and oxygen atoms in total. The molecule has 0 unspecified atom stereocenters. The number of oxazole rings is 1. The summed E-state index contributed by atoms with van der Waals surface area (Å²) >= 11 is 12.2. The van der Waals surface area contributed by atoms with Crippen LogP contribution in [0.25, 0.3) is 22.7 Å². The number of fused-ring (bicyclic) bond motifs is 1. The lowest BCUT2D eigenvalue weighted by atomic mass is 10.1. The predicted octanol–water partition coefficient (Wildman–Crippen LogP) is 5.99. The molecule has 2 heterocycles. The molecule has 4 aromatic rings. The number of nitrogens with zero attached hydrogens (tertiary/aromatic N) is 2. The van der Waals surface area contributed by atoms with E-state index in [4.69, 9.17) is 32.4 Å². The Morgan fingerprint density at radius 1 is 1.10 bits per heavy atom. The number of amides is 1. The van der Waals surface area contributed by atoms with Crippen molar-refractivity contribution in [1.29, 1.82) is 0 Å². The molecule has 0 bridgehead atoms. The third-order valence-electron chi connectivity index (χ3n) is 4.35. The minimum absolute atomic E-state index is 0.321. The first-order chi connectivity index (χ1) is 14.3. The molecule has 0 spiro atoms. The second-order valence-corrected chi connectivity index (χ2v) is 7.90. The van der Waals surface area contributed by atoms with E-state index in [2.05, 4.69) is 15.3 Å². The minimum Gasteiger partial charge on any atom is -0.478 e. The van der Waals surface area contributed by atoms with Gasteiger partial charge in [-0.2, -0.15) is 4.98 Å². The third-order valence-corrected chi connectivity index (χ3v) is 4.93. The molecular formula is C22H17Cl2N3O3. The number of anilines is 1. The van der Waals surface area contributed by atoms with Gasteiger partial charge in [0.15, 0.2) is 16.8 Å². The lowest BCUT2D eigenvalue weighted by Crippen LogP contribution is -2.42. The van der Waals surface area contributed by atoms with Crippen LogP contribution in [-0.2, 0) is 4.79 Å². The van der Waals surface area contributed by atoms with Crippen molar-refractivity contribution in [1.82, 2.24) is 9.97 Å². The van der Waals surface area contributed by atoms with Gasteiger partial charge in [0, 0.05) is 16.9 Å². The van der Waals surface area contributed by atoms with Gasteiger partial charge in [-0.15, -0.1) is 0 Å². The molecule has 2 aromatic heterocycles. The summed E-state index contributed by atoms with van der Waals surface area (Å²) in [6.07, 6.45) is 1.63. The monoisotopic (exact) mass is 441 g/mol. The summed E-state index contributed by atoms with van der Waals surface area (Å²) in [4.78, 5) is 21.4. The van der Waals surface area contributed by atoms with Gasteiger partial charge in [0.1, 0.15) is 5.75 Å². The molecule has 2 aromatic carbocycles. The number of nitrogens with one attached hydrogen (secondary N) is 1. The minimum atomic E-state index is -1.13. The first-order valence-corrected chi connectivity index (χ1v) is 9.85. The predicted molar refractivity (Wildman–Crippen MR) is 117 cm³/mol. The van der Waals surface area contributed by atoms with Crippen molar-refractivity contribution in [3.05, 3.63) is 70.8 Å². The molecule has 1 N–H and O–H groups in total. The first kappa shape index (κ1) is 20.2. The van der Waals surface area contributed by atoms with Gasteiger partial charge >= 0.3 is 0 Å². The van der Waals surface area contributed by atoms with E-state index in [0.29, 0.717) is 44.2 Å². The molecule has 152 valence electrons.